The quantitative estimate of drug-likeness (QED) is 0.428. The number of hydrogen-bond donors (Lipinski definition) is 4. The van der Waals surface area contributed by atoms with E-state index in [4.69, 9.17) is 16.3 Å². The Bertz CT molecular complexity index is 1180. The standard InChI is InChI=1S/C23H24ClN3O5/c1-3-32-18-10-13(5-6-16(18)29)22-19-20(14-11-15(24)12(2)9-17(14)30)25-26-21(19)23(31)27(22)7-4-8-28/h5-6,9-11,22,28-30H,3-4,7-8H2,1-2H3,(H,25,26)/t22-/m1/s1. The Balaban J connectivity index is 1.90. The Morgan fingerprint density at radius 3 is 2.72 bits per heavy atom. The second-order valence-electron chi connectivity index (χ2n) is 7.62. The van der Waals surface area contributed by atoms with E-state index in [1.165, 1.54) is 6.07 Å². The van der Waals surface area contributed by atoms with Crippen molar-refractivity contribution < 1.29 is 24.9 Å². The average Bonchev–Trinajstić information content (AvgIpc) is 3.30. The molecule has 0 spiro atoms. The number of nitrogens with one attached hydrogen (secondary N) is 1. The molecule has 0 bridgehead atoms. The monoisotopic (exact) mass is 457 g/mol. The summed E-state index contributed by atoms with van der Waals surface area (Å²) < 4.78 is 5.54. The summed E-state index contributed by atoms with van der Waals surface area (Å²) in [6.07, 6.45) is 0.396. The van der Waals surface area contributed by atoms with Gasteiger partial charge in [-0.1, -0.05) is 17.7 Å². The molecule has 0 fully saturated rings. The number of aliphatic hydroxyl groups is 1. The summed E-state index contributed by atoms with van der Waals surface area (Å²) in [5, 5.41) is 37.7. The first-order chi connectivity index (χ1) is 15.4. The number of rotatable bonds is 7. The molecule has 2 aromatic carbocycles. The van der Waals surface area contributed by atoms with Crippen LogP contribution in [0.1, 0.15) is 46.6 Å². The van der Waals surface area contributed by atoms with Crippen LogP contribution >= 0.6 is 11.6 Å². The summed E-state index contributed by atoms with van der Waals surface area (Å²) in [6.45, 7) is 4.22. The normalized spacial score (nSPS) is 15.3. The van der Waals surface area contributed by atoms with Crippen LogP contribution in [0.5, 0.6) is 17.2 Å². The number of ether oxygens (including phenoxy) is 1. The van der Waals surface area contributed by atoms with Gasteiger partial charge in [-0.15, -0.1) is 0 Å². The molecule has 1 amide bonds. The Morgan fingerprint density at radius 1 is 1.22 bits per heavy atom. The zero-order valence-corrected chi connectivity index (χ0v) is 18.5. The number of aromatic hydroxyl groups is 2. The van der Waals surface area contributed by atoms with Gasteiger partial charge >= 0.3 is 0 Å². The lowest BCUT2D eigenvalue weighted by Crippen LogP contribution is -2.31. The average molecular weight is 458 g/mol. The lowest BCUT2D eigenvalue weighted by Gasteiger charge is -2.26. The van der Waals surface area contributed by atoms with Crippen LogP contribution in [0.25, 0.3) is 11.3 Å². The first-order valence-electron chi connectivity index (χ1n) is 10.3. The number of halogens is 1. The highest BCUT2D eigenvalue weighted by Crippen LogP contribution is 2.46. The molecule has 0 saturated carbocycles. The van der Waals surface area contributed by atoms with Gasteiger partial charge in [-0.2, -0.15) is 5.10 Å². The number of phenolic OH excluding ortho intramolecular Hbond substituents is 2. The van der Waals surface area contributed by atoms with Crippen molar-refractivity contribution in [1.29, 1.82) is 0 Å². The van der Waals surface area contributed by atoms with Crippen LogP contribution in [-0.2, 0) is 0 Å². The van der Waals surface area contributed by atoms with E-state index < -0.39 is 6.04 Å². The predicted molar refractivity (Wildman–Crippen MR) is 119 cm³/mol. The number of hydrogen-bond acceptors (Lipinski definition) is 6. The minimum atomic E-state index is -0.558. The Hall–Kier alpha value is -3.23. The van der Waals surface area contributed by atoms with Gasteiger partial charge in [0, 0.05) is 29.3 Å². The van der Waals surface area contributed by atoms with Crippen molar-refractivity contribution in [3.63, 3.8) is 0 Å². The minimum Gasteiger partial charge on any atom is -0.507 e. The zero-order chi connectivity index (χ0) is 23.0. The van der Waals surface area contributed by atoms with Crippen molar-refractivity contribution in [2.24, 2.45) is 0 Å². The SMILES string of the molecule is CCOc1cc([C@@H]2c3c(-c4cc(Cl)c(C)cc4O)n[nH]c3C(=O)N2CCCO)ccc1O. The molecule has 1 atom stereocenters. The van der Waals surface area contributed by atoms with Crippen LogP contribution in [0.3, 0.4) is 0 Å². The van der Waals surface area contributed by atoms with Crippen LogP contribution in [0.15, 0.2) is 30.3 Å². The third-order valence-corrected chi connectivity index (χ3v) is 5.96. The van der Waals surface area contributed by atoms with Crippen LogP contribution < -0.4 is 4.74 Å². The minimum absolute atomic E-state index is 0.00178. The second-order valence-corrected chi connectivity index (χ2v) is 8.03. The number of phenols is 2. The number of fused-ring (bicyclic) bond motifs is 1. The van der Waals surface area contributed by atoms with Gasteiger partial charge < -0.3 is 25.0 Å². The largest absolute Gasteiger partial charge is 0.507 e. The van der Waals surface area contributed by atoms with Gasteiger partial charge in [-0.25, -0.2) is 0 Å². The molecule has 0 radical (unpaired) electrons. The third-order valence-electron chi connectivity index (χ3n) is 5.55. The summed E-state index contributed by atoms with van der Waals surface area (Å²) in [7, 11) is 0. The molecule has 8 nitrogen and oxygen atoms in total. The molecule has 3 aromatic rings. The molecule has 0 saturated heterocycles. The molecule has 2 heterocycles. The van der Waals surface area contributed by atoms with Crippen LogP contribution in [0.2, 0.25) is 5.02 Å². The number of carbonyl (C=O) groups excluding carboxylic acids is 1. The van der Waals surface area contributed by atoms with Crippen molar-refractivity contribution in [2.45, 2.75) is 26.3 Å². The fourth-order valence-corrected chi connectivity index (χ4v) is 4.21. The van der Waals surface area contributed by atoms with Crippen molar-refractivity contribution in [3.05, 3.63) is 57.7 Å². The maximum Gasteiger partial charge on any atom is 0.273 e. The van der Waals surface area contributed by atoms with Gasteiger partial charge in [-0.3, -0.25) is 9.89 Å². The Kier molecular flexibility index (Phi) is 5.99. The van der Waals surface area contributed by atoms with Crippen molar-refractivity contribution in [1.82, 2.24) is 15.1 Å². The first kappa shape index (κ1) is 22.0. The van der Waals surface area contributed by atoms with E-state index in [1.54, 1.807) is 36.1 Å². The number of benzene rings is 2. The number of carbonyl (C=O) groups is 1. The van der Waals surface area contributed by atoms with Gasteiger partial charge in [0.25, 0.3) is 5.91 Å². The van der Waals surface area contributed by atoms with Gasteiger partial charge in [0.15, 0.2) is 11.5 Å². The van der Waals surface area contributed by atoms with Crippen LogP contribution in [-0.4, -0.2) is 56.1 Å². The van der Waals surface area contributed by atoms with E-state index in [1.807, 2.05) is 6.92 Å². The van der Waals surface area contributed by atoms with Gasteiger partial charge in [0.05, 0.1) is 12.6 Å². The van der Waals surface area contributed by atoms with E-state index in [2.05, 4.69) is 10.2 Å². The number of nitrogens with zero attached hydrogens (tertiary/aromatic N) is 2. The van der Waals surface area contributed by atoms with Crippen LogP contribution in [0, 0.1) is 6.92 Å². The molecule has 9 heteroatoms. The molecular formula is C23H24ClN3O5. The highest BCUT2D eigenvalue weighted by atomic mass is 35.5. The lowest BCUT2D eigenvalue weighted by atomic mass is 9.95. The van der Waals surface area contributed by atoms with Crippen LogP contribution in [0.4, 0.5) is 0 Å². The molecule has 1 aliphatic rings. The molecule has 4 rings (SSSR count). The number of amides is 1. The third kappa shape index (κ3) is 3.65. The van der Waals surface area contributed by atoms with Gasteiger partial charge in [-0.05, 0) is 55.7 Å². The fraction of sp³-hybridized carbons (Fsp3) is 0.304. The summed E-state index contributed by atoms with van der Waals surface area (Å²) >= 11 is 6.31. The van der Waals surface area contributed by atoms with Crippen molar-refractivity contribution in [2.75, 3.05) is 19.8 Å². The van der Waals surface area contributed by atoms with E-state index in [-0.39, 0.29) is 24.0 Å². The van der Waals surface area contributed by atoms with Crippen molar-refractivity contribution in [3.8, 4) is 28.5 Å². The Morgan fingerprint density at radius 2 is 2.00 bits per heavy atom. The smallest absolute Gasteiger partial charge is 0.273 e. The number of H-pyrrole nitrogens is 1. The molecule has 0 aliphatic carbocycles. The topological polar surface area (TPSA) is 119 Å². The number of aryl methyl sites for hydroxylation is 1. The second kappa shape index (κ2) is 8.72. The maximum atomic E-state index is 13.2. The summed E-state index contributed by atoms with van der Waals surface area (Å²) in [6, 6.07) is 7.56. The lowest BCUT2D eigenvalue weighted by molar-refractivity contribution is 0.0732. The van der Waals surface area contributed by atoms with E-state index in [9.17, 15) is 20.1 Å². The van der Waals surface area contributed by atoms with E-state index in [0.717, 1.165) is 5.56 Å². The molecule has 168 valence electrons. The number of aromatic nitrogens is 2. The molecular weight excluding hydrogens is 434 g/mol. The predicted octanol–water partition coefficient (Wildman–Crippen LogP) is 3.78. The van der Waals surface area contributed by atoms with Crippen molar-refractivity contribution >= 4 is 17.5 Å². The maximum absolute atomic E-state index is 13.2. The molecule has 4 N–H and O–H groups in total. The van der Waals surface area contributed by atoms with Gasteiger partial charge in [0.1, 0.15) is 17.1 Å². The summed E-state index contributed by atoms with van der Waals surface area (Å²) in [5.41, 5.74) is 3.15. The highest BCUT2D eigenvalue weighted by molar-refractivity contribution is 6.31. The number of aliphatic hydroxyl groups excluding tert-OH is 1. The molecule has 0 unspecified atom stereocenters. The zero-order valence-electron chi connectivity index (χ0n) is 17.7. The summed E-state index contributed by atoms with van der Waals surface area (Å²) in [4.78, 5) is 14.9. The first-order valence-corrected chi connectivity index (χ1v) is 10.7. The van der Waals surface area contributed by atoms with Gasteiger partial charge in [0.2, 0.25) is 0 Å². The Labute approximate surface area is 190 Å². The molecule has 32 heavy (non-hydrogen) atoms. The fourth-order valence-electron chi connectivity index (χ4n) is 4.05. The highest BCUT2D eigenvalue weighted by Gasteiger charge is 2.42. The number of aromatic amines is 1. The molecule has 1 aromatic heterocycles. The van der Waals surface area contributed by atoms with E-state index in [0.29, 0.717) is 58.4 Å². The van der Waals surface area contributed by atoms with E-state index >= 15 is 0 Å². The molecule has 1 aliphatic heterocycles. The summed E-state index contributed by atoms with van der Waals surface area (Å²) in [5.74, 6) is 0.0413.